The van der Waals surface area contributed by atoms with Crippen LogP contribution in [0.3, 0.4) is 0 Å². The van der Waals surface area contributed by atoms with Crippen molar-refractivity contribution in [3.05, 3.63) is 69.8 Å². The molecule has 0 aliphatic carbocycles. The highest BCUT2D eigenvalue weighted by Crippen LogP contribution is 2.15. The van der Waals surface area contributed by atoms with Gasteiger partial charge >= 0.3 is 0 Å². The molecule has 0 heterocycles. The molecule has 0 fully saturated rings. The minimum atomic E-state index is -0.522. The van der Waals surface area contributed by atoms with Crippen LogP contribution in [0.4, 0.5) is 11.4 Å². The van der Waals surface area contributed by atoms with Gasteiger partial charge in [0.25, 0.3) is 17.5 Å². The van der Waals surface area contributed by atoms with E-state index in [9.17, 15) is 19.7 Å². The van der Waals surface area contributed by atoms with Crippen molar-refractivity contribution < 1.29 is 14.5 Å². The van der Waals surface area contributed by atoms with Gasteiger partial charge in [0.15, 0.2) is 0 Å². The van der Waals surface area contributed by atoms with Crippen LogP contribution < -0.4 is 10.6 Å². The molecule has 2 amide bonds. The van der Waals surface area contributed by atoms with Crippen molar-refractivity contribution in [2.24, 2.45) is 0 Å². The molecule has 0 bridgehead atoms. The van der Waals surface area contributed by atoms with E-state index in [4.69, 9.17) is 0 Å². The molecule has 2 aromatic carbocycles. The van der Waals surface area contributed by atoms with E-state index in [0.717, 1.165) is 12.8 Å². The molecule has 0 saturated carbocycles. The van der Waals surface area contributed by atoms with E-state index < -0.39 is 4.92 Å². The Morgan fingerprint density at radius 1 is 0.960 bits per heavy atom. The van der Waals surface area contributed by atoms with Crippen LogP contribution in [0.5, 0.6) is 0 Å². The molecule has 0 spiro atoms. The summed E-state index contributed by atoms with van der Waals surface area (Å²) in [6.07, 6.45) is 1.93. The third-order valence-corrected chi connectivity index (χ3v) is 3.56. The second-order valence-corrected chi connectivity index (χ2v) is 5.44. The van der Waals surface area contributed by atoms with Crippen LogP contribution in [-0.4, -0.2) is 23.3 Å². The average Bonchev–Trinajstić information content (AvgIpc) is 2.62. The maximum absolute atomic E-state index is 12.1. The lowest BCUT2D eigenvalue weighted by Crippen LogP contribution is -2.24. The molecule has 130 valence electrons. The van der Waals surface area contributed by atoms with Gasteiger partial charge in [0.05, 0.1) is 4.92 Å². The van der Waals surface area contributed by atoms with E-state index in [0.29, 0.717) is 23.4 Å². The highest BCUT2D eigenvalue weighted by molar-refractivity contribution is 6.04. The summed E-state index contributed by atoms with van der Waals surface area (Å²) in [7, 11) is 0. The number of non-ortho nitro benzene ring substituents is 1. The molecule has 0 unspecified atom stereocenters. The van der Waals surface area contributed by atoms with Crippen molar-refractivity contribution in [3.8, 4) is 0 Å². The molecule has 7 nitrogen and oxygen atoms in total. The fourth-order valence-corrected chi connectivity index (χ4v) is 2.12. The van der Waals surface area contributed by atoms with Gasteiger partial charge < -0.3 is 10.6 Å². The van der Waals surface area contributed by atoms with E-state index in [2.05, 4.69) is 17.6 Å². The number of nitro groups is 1. The lowest BCUT2D eigenvalue weighted by molar-refractivity contribution is -0.384. The van der Waals surface area contributed by atoms with E-state index in [-0.39, 0.29) is 17.5 Å². The molecule has 0 aromatic heterocycles. The fourth-order valence-electron chi connectivity index (χ4n) is 2.12. The first-order valence-electron chi connectivity index (χ1n) is 7.95. The summed E-state index contributed by atoms with van der Waals surface area (Å²) in [5.74, 6) is -0.531. The highest BCUT2D eigenvalue weighted by atomic mass is 16.6. The Morgan fingerprint density at radius 2 is 1.52 bits per heavy atom. The van der Waals surface area contributed by atoms with Crippen molar-refractivity contribution in [1.29, 1.82) is 0 Å². The number of hydrogen-bond donors (Lipinski definition) is 2. The monoisotopic (exact) mass is 341 g/mol. The zero-order chi connectivity index (χ0) is 18.2. The predicted molar refractivity (Wildman–Crippen MR) is 94.7 cm³/mol. The highest BCUT2D eigenvalue weighted by Gasteiger charge is 2.10. The predicted octanol–water partition coefficient (Wildman–Crippen LogP) is 3.38. The smallest absolute Gasteiger partial charge is 0.269 e. The number of nitro benzene ring substituents is 1. The SMILES string of the molecule is CCCCNC(=O)c1ccc(NC(=O)c2ccc([N+](=O)[O-])cc2)cc1. The lowest BCUT2D eigenvalue weighted by Gasteiger charge is -2.07. The summed E-state index contributed by atoms with van der Waals surface area (Å²) in [5.41, 5.74) is 1.29. The van der Waals surface area contributed by atoms with E-state index in [1.54, 1.807) is 24.3 Å². The summed E-state index contributed by atoms with van der Waals surface area (Å²) >= 11 is 0. The average molecular weight is 341 g/mol. The van der Waals surface area contributed by atoms with Gasteiger partial charge in [-0.1, -0.05) is 13.3 Å². The number of nitrogens with one attached hydrogen (secondary N) is 2. The van der Waals surface area contributed by atoms with Crippen LogP contribution in [0.25, 0.3) is 0 Å². The van der Waals surface area contributed by atoms with Crippen molar-refractivity contribution >= 4 is 23.2 Å². The maximum Gasteiger partial charge on any atom is 0.269 e. The number of anilines is 1. The number of nitrogens with zero attached hydrogens (tertiary/aromatic N) is 1. The number of hydrogen-bond acceptors (Lipinski definition) is 4. The third kappa shape index (κ3) is 5.13. The number of carbonyl (C=O) groups excluding carboxylic acids is 2. The molecule has 7 heteroatoms. The number of carbonyl (C=O) groups is 2. The zero-order valence-corrected chi connectivity index (χ0v) is 13.8. The Labute approximate surface area is 145 Å². The quantitative estimate of drug-likeness (QED) is 0.458. The lowest BCUT2D eigenvalue weighted by atomic mass is 10.1. The van der Waals surface area contributed by atoms with Gasteiger partial charge in [0, 0.05) is 35.5 Å². The third-order valence-electron chi connectivity index (χ3n) is 3.56. The molecular formula is C18H19N3O4. The van der Waals surface area contributed by atoms with Crippen LogP contribution in [0.2, 0.25) is 0 Å². The number of unbranched alkanes of at least 4 members (excludes halogenated alkanes) is 1. The van der Waals surface area contributed by atoms with Crippen LogP contribution in [0.15, 0.2) is 48.5 Å². The van der Waals surface area contributed by atoms with Gasteiger partial charge in [-0.05, 0) is 42.8 Å². The Bertz CT molecular complexity index is 755. The molecule has 0 saturated heterocycles. The number of amides is 2. The molecule has 2 N–H and O–H groups in total. The zero-order valence-electron chi connectivity index (χ0n) is 13.8. The number of rotatable bonds is 7. The summed E-state index contributed by atoms with van der Waals surface area (Å²) in [5, 5.41) is 16.1. The standard InChI is InChI=1S/C18H19N3O4/c1-2-3-12-19-17(22)13-4-8-15(9-5-13)20-18(23)14-6-10-16(11-7-14)21(24)25/h4-11H,2-3,12H2,1H3,(H,19,22)(H,20,23). The van der Waals surface area contributed by atoms with Crippen LogP contribution in [0, 0.1) is 10.1 Å². The van der Waals surface area contributed by atoms with E-state index in [1.165, 1.54) is 24.3 Å². The Hall–Kier alpha value is -3.22. The Morgan fingerprint density at radius 3 is 2.08 bits per heavy atom. The van der Waals surface area contributed by atoms with E-state index >= 15 is 0 Å². The largest absolute Gasteiger partial charge is 0.352 e. The number of benzene rings is 2. The van der Waals surface area contributed by atoms with Crippen molar-refractivity contribution in [2.75, 3.05) is 11.9 Å². The first kappa shape index (κ1) is 18.1. The Kier molecular flexibility index (Phi) is 6.22. The maximum atomic E-state index is 12.1. The topological polar surface area (TPSA) is 101 Å². The van der Waals surface area contributed by atoms with Crippen LogP contribution in [-0.2, 0) is 0 Å². The molecule has 2 aromatic rings. The van der Waals surface area contributed by atoms with Crippen LogP contribution >= 0.6 is 0 Å². The van der Waals surface area contributed by atoms with Crippen molar-refractivity contribution in [1.82, 2.24) is 5.32 Å². The minimum absolute atomic E-state index is 0.0741. The normalized spacial score (nSPS) is 10.1. The molecule has 0 atom stereocenters. The molecule has 0 radical (unpaired) electrons. The van der Waals surface area contributed by atoms with Crippen molar-refractivity contribution in [2.45, 2.75) is 19.8 Å². The Balaban J connectivity index is 1.97. The van der Waals surface area contributed by atoms with Gasteiger partial charge in [-0.15, -0.1) is 0 Å². The van der Waals surface area contributed by atoms with Gasteiger partial charge in [-0.2, -0.15) is 0 Å². The summed E-state index contributed by atoms with van der Waals surface area (Å²) in [6.45, 7) is 2.68. The van der Waals surface area contributed by atoms with Gasteiger partial charge in [0.1, 0.15) is 0 Å². The molecular weight excluding hydrogens is 322 g/mol. The molecule has 2 rings (SSSR count). The van der Waals surface area contributed by atoms with Crippen LogP contribution in [0.1, 0.15) is 40.5 Å². The van der Waals surface area contributed by atoms with E-state index in [1.807, 2.05) is 0 Å². The van der Waals surface area contributed by atoms with Gasteiger partial charge in [0.2, 0.25) is 0 Å². The summed E-state index contributed by atoms with van der Waals surface area (Å²) in [4.78, 5) is 34.1. The van der Waals surface area contributed by atoms with Crippen molar-refractivity contribution in [3.63, 3.8) is 0 Å². The minimum Gasteiger partial charge on any atom is -0.352 e. The summed E-state index contributed by atoms with van der Waals surface area (Å²) in [6, 6.07) is 11.9. The first-order valence-corrected chi connectivity index (χ1v) is 7.95. The molecule has 0 aliphatic rings. The van der Waals surface area contributed by atoms with Gasteiger partial charge in [-0.25, -0.2) is 0 Å². The fraction of sp³-hybridized carbons (Fsp3) is 0.222. The second kappa shape index (κ2) is 8.58. The molecule has 25 heavy (non-hydrogen) atoms. The summed E-state index contributed by atoms with van der Waals surface area (Å²) < 4.78 is 0. The first-order chi connectivity index (χ1) is 12.0. The van der Waals surface area contributed by atoms with Gasteiger partial charge in [-0.3, -0.25) is 19.7 Å². The second-order valence-electron chi connectivity index (χ2n) is 5.44. The molecule has 0 aliphatic heterocycles.